The number of benzene rings is 3. The molecule has 51 heavy (non-hydrogen) atoms. The molecule has 0 unspecified atom stereocenters. The monoisotopic (exact) mass is 715 g/mol. The minimum atomic E-state index is -3.91. The number of fused-ring (bicyclic) bond motifs is 3. The zero-order valence-electron chi connectivity index (χ0n) is 29.4. The normalized spacial score (nSPS) is 21.2. The van der Waals surface area contributed by atoms with Crippen molar-refractivity contribution in [3.05, 3.63) is 95.3 Å². The first-order chi connectivity index (χ1) is 24.9. The van der Waals surface area contributed by atoms with Crippen LogP contribution in [-0.2, 0) is 30.7 Å². The summed E-state index contributed by atoms with van der Waals surface area (Å²) in [6, 6.07) is 21.6. The number of rotatable bonds is 12. The van der Waals surface area contributed by atoms with E-state index in [1.807, 2.05) is 11.0 Å². The highest BCUT2D eigenvalue weighted by atomic mass is 32.2. The van der Waals surface area contributed by atoms with Gasteiger partial charge in [0, 0.05) is 44.6 Å². The lowest BCUT2D eigenvalue weighted by Crippen LogP contribution is -2.49. The van der Waals surface area contributed by atoms with Gasteiger partial charge < -0.3 is 29.1 Å². The Bertz CT molecular complexity index is 1820. The predicted molar refractivity (Wildman–Crippen MR) is 195 cm³/mol. The molecule has 1 aliphatic carbocycles. The Balaban J connectivity index is 1.09. The number of carbonyl (C=O) groups is 1. The summed E-state index contributed by atoms with van der Waals surface area (Å²) in [5, 5.41) is 9.75. The number of aliphatic hydroxyl groups is 1. The summed E-state index contributed by atoms with van der Waals surface area (Å²) in [7, 11) is -2.39. The van der Waals surface area contributed by atoms with Crippen LogP contribution in [0.2, 0.25) is 0 Å². The van der Waals surface area contributed by atoms with E-state index in [0.717, 1.165) is 37.9 Å². The van der Waals surface area contributed by atoms with Crippen molar-refractivity contribution in [2.45, 2.75) is 68.1 Å². The van der Waals surface area contributed by atoms with Crippen LogP contribution >= 0.6 is 0 Å². The fourth-order valence-electron chi connectivity index (χ4n) is 8.18. The van der Waals surface area contributed by atoms with Gasteiger partial charge in [-0.1, -0.05) is 48.9 Å². The van der Waals surface area contributed by atoms with Crippen molar-refractivity contribution in [2.24, 2.45) is 0 Å². The van der Waals surface area contributed by atoms with Gasteiger partial charge >= 0.3 is 0 Å². The number of methoxy groups -OCH3 is 1. The number of carbonyl (C=O) groups excluding carboxylic acids is 1. The highest BCUT2D eigenvalue weighted by Gasteiger charge is 2.36. The third-order valence-corrected chi connectivity index (χ3v) is 12.8. The van der Waals surface area contributed by atoms with Gasteiger partial charge in [0.1, 0.15) is 5.75 Å². The lowest BCUT2D eigenvalue weighted by Gasteiger charge is -2.40. The van der Waals surface area contributed by atoms with E-state index in [1.54, 1.807) is 12.1 Å². The Labute approximate surface area is 301 Å². The predicted octanol–water partition coefficient (Wildman–Crippen LogP) is 5.16. The maximum atomic E-state index is 14.1. The molecule has 1 N–H and O–H groups in total. The van der Waals surface area contributed by atoms with Crippen LogP contribution in [-0.4, -0.2) is 105 Å². The summed E-state index contributed by atoms with van der Waals surface area (Å²) in [6.07, 6.45) is 8.24. The number of sulfonamides is 1. The van der Waals surface area contributed by atoms with Crippen molar-refractivity contribution in [1.82, 2.24) is 14.1 Å². The smallest absolute Gasteiger partial charge is 0.288 e. The number of hydrogen-bond donors (Lipinski definition) is 1. The standard InChI is InChI=1S/C40H49N3O7S/c1-48-32-12-14-33(15-13-32)51(46,47)43(22-24-44)23-25-49-39-28-30(35-10-7-11-36-34-9-4-3-8-29(34)26-37(35)36)27-38(50-39)40(45)42-20-16-31(17-21-42)41-18-5-2-6-19-41/h3-4,7-15,27,30-31,39,44H,2,5-6,16-26,28H2,1H3/t30-,39+/m0/s1. The van der Waals surface area contributed by atoms with Gasteiger partial charge in [-0.3, -0.25) is 4.79 Å². The van der Waals surface area contributed by atoms with Crippen LogP contribution in [0.3, 0.4) is 0 Å². The molecule has 2 saturated heterocycles. The summed E-state index contributed by atoms with van der Waals surface area (Å²) in [5.41, 5.74) is 6.16. The van der Waals surface area contributed by atoms with Crippen LogP contribution in [0.1, 0.15) is 61.1 Å². The minimum absolute atomic E-state index is 0.00645. The molecule has 11 heteroatoms. The highest BCUT2D eigenvalue weighted by Crippen LogP contribution is 2.43. The van der Waals surface area contributed by atoms with E-state index in [1.165, 1.54) is 65.1 Å². The number of nitrogens with zero attached hydrogens (tertiary/aromatic N) is 3. The Morgan fingerprint density at radius 3 is 2.41 bits per heavy atom. The zero-order chi connectivity index (χ0) is 35.4. The molecule has 3 aliphatic heterocycles. The topological polar surface area (TPSA) is 109 Å². The molecule has 4 aliphatic rings. The van der Waals surface area contributed by atoms with Crippen molar-refractivity contribution in [1.29, 1.82) is 0 Å². The zero-order valence-corrected chi connectivity index (χ0v) is 30.2. The third kappa shape index (κ3) is 7.73. The van der Waals surface area contributed by atoms with Crippen molar-refractivity contribution in [2.75, 3.05) is 59.6 Å². The lowest BCUT2D eigenvalue weighted by molar-refractivity contribution is -0.153. The fourth-order valence-corrected chi connectivity index (χ4v) is 9.59. The number of piperidine rings is 2. The van der Waals surface area contributed by atoms with Gasteiger partial charge in [-0.15, -0.1) is 0 Å². The van der Waals surface area contributed by atoms with Gasteiger partial charge in [0.15, 0.2) is 5.76 Å². The highest BCUT2D eigenvalue weighted by molar-refractivity contribution is 7.89. The third-order valence-electron chi connectivity index (χ3n) is 10.9. The first-order valence-corrected chi connectivity index (χ1v) is 19.8. The molecule has 0 radical (unpaired) electrons. The van der Waals surface area contributed by atoms with Crippen LogP contribution in [0.4, 0.5) is 0 Å². The molecule has 1 amide bonds. The lowest BCUT2D eigenvalue weighted by atomic mass is 9.87. The van der Waals surface area contributed by atoms with Crippen LogP contribution in [0.15, 0.2) is 83.5 Å². The van der Waals surface area contributed by atoms with Crippen LogP contribution < -0.4 is 4.74 Å². The average Bonchev–Trinajstić information content (AvgIpc) is 3.56. The molecule has 2 fully saturated rings. The van der Waals surface area contributed by atoms with E-state index >= 15 is 0 Å². The van der Waals surface area contributed by atoms with Crippen molar-refractivity contribution in [3.8, 4) is 16.9 Å². The van der Waals surface area contributed by atoms with Crippen LogP contribution in [0.5, 0.6) is 5.75 Å². The quantitative estimate of drug-likeness (QED) is 0.215. The molecule has 0 saturated carbocycles. The summed E-state index contributed by atoms with van der Waals surface area (Å²) in [4.78, 5) is 18.7. The summed E-state index contributed by atoms with van der Waals surface area (Å²) >= 11 is 0. The average molecular weight is 716 g/mol. The molecule has 10 nitrogen and oxygen atoms in total. The Hall–Kier alpha value is -3.74. The summed E-state index contributed by atoms with van der Waals surface area (Å²) in [6.45, 7) is 3.28. The molecule has 0 aromatic heterocycles. The molecule has 0 bridgehead atoms. The second kappa shape index (κ2) is 15.9. The van der Waals surface area contributed by atoms with E-state index in [2.05, 4.69) is 47.4 Å². The molecule has 2 atom stereocenters. The maximum Gasteiger partial charge on any atom is 0.288 e. The van der Waals surface area contributed by atoms with Crippen LogP contribution in [0, 0.1) is 0 Å². The summed E-state index contributed by atoms with van der Waals surface area (Å²) in [5.74, 6) is 0.589. The Morgan fingerprint density at radius 1 is 0.922 bits per heavy atom. The van der Waals surface area contributed by atoms with E-state index in [4.69, 9.17) is 14.2 Å². The fraction of sp³-hybridized carbons (Fsp3) is 0.475. The second-order valence-corrected chi connectivity index (χ2v) is 15.9. The molecule has 3 aromatic carbocycles. The first-order valence-electron chi connectivity index (χ1n) is 18.3. The molecule has 272 valence electrons. The van der Waals surface area contributed by atoms with Gasteiger partial charge in [0.25, 0.3) is 5.91 Å². The Kier molecular flexibility index (Phi) is 11.1. The molecule has 7 rings (SSSR count). The van der Waals surface area contributed by atoms with Gasteiger partial charge in [0.05, 0.1) is 25.2 Å². The van der Waals surface area contributed by atoms with E-state index < -0.39 is 16.3 Å². The van der Waals surface area contributed by atoms with E-state index in [9.17, 15) is 18.3 Å². The molecule has 3 heterocycles. The molecule has 3 aromatic rings. The largest absolute Gasteiger partial charge is 0.497 e. The number of allylic oxidation sites excluding steroid dienone is 1. The summed E-state index contributed by atoms with van der Waals surface area (Å²) < 4.78 is 46.0. The number of hydrogen-bond acceptors (Lipinski definition) is 8. The van der Waals surface area contributed by atoms with E-state index in [-0.39, 0.29) is 43.0 Å². The number of aliphatic hydroxyl groups excluding tert-OH is 1. The molecule has 0 spiro atoms. The van der Waals surface area contributed by atoms with E-state index in [0.29, 0.717) is 37.1 Å². The second-order valence-electron chi connectivity index (χ2n) is 13.9. The van der Waals surface area contributed by atoms with Crippen LogP contribution in [0.25, 0.3) is 11.1 Å². The van der Waals surface area contributed by atoms with Gasteiger partial charge in [-0.2, -0.15) is 4.31 Å². The van der Waals surface area contributed by atoms with Crippen molar-refractivity contribution < 1.29 is 32.5 Å². The van der Waals surface area contributed by atoms with Gasteiger partial charge in [-0.25, -0.2) is 8.42 Å². The minimum Gasteiger partial charge on any atom is -0.497 e. The van der Waals surface area contributed by atoms with Gasteiger partial charge in [-0.05, 0) is 103 Å². The maximum absolute atomic E-state index is 14.1. The van der Waals surface area contributed by atoms with Crippen molar-refractivity contribution >= 4 is 15.9 Å². The Morgan fingerprint density at radius 2 is 1.67 bits per heavy atom. The first kappa shape index (κ1) is 35.7. The molecular weight excluding hydrogens is 667 g/mol. The van der Waals surface area contributed by atoms with Gasteiger partial charge in [0.2, 0.25) is 16.3 Å². The van der Waals surface area contributed by atoms with Crippen molar-refractivity contribution in [3.63, 3.8) is 0 Å². The number of ether oxygens (including phenoxy) is 3. The SMILES string of the molecule is COc1ccc(S(=O)(=O)N(CCO)CCO[C@H]2C[C@@H](c3cccc4c3Cc3ccccc3-4)C=C(C(=O)N3CCC(N4CCCCC4)CC3)O2)cc1. The number of likely N-dealkylation sites (tertiary alicyclic amines) is 2. The number of amides is 1. The molecular formula is C40H49N3O7S.